The Morgan fingerprint density at radius 1 is 1.47 bits per heavy atom. The molecule has 0 radical (unpaired) electrons. The number of aldehydes is 1. The fourth-order valence-electron chi connectivity index (χ4n) is 1.17. The lowest BCUT2D eigenvalue weighted by molar-refractivity contribution is 0.112. The van der Waals surface area contributed by atoms with Crippen molar-refractivity contribution in [3.8, 4) is 0 Å². The number of benzene rings is 1. The van der Waals surface area contributed by atoms with Gasteiger partial charge in [-0.05, 0) is 22.0 Å². The van der Waals surface area contributed by atoms with Gasteiger partial charge in [-0.1, -0.05) is 0 Å². The molecule has 0 bridgehead atoms. The molecule has 0 aliphatic carbocycles. The average Bonchev–Trinajstić information content (AvgIpc) is 2.64. The topological polar surface area (TPSA) is 76.5 Å². The first-order chi connectivity index (χ1) is 7.22. The summed E-state index contributed by atoms with van der Waals surface area (Å²) in [4.78, 5) is 10.6. The Kier molecular flexibility index (Phi) is 3.88. The first-order valence-electron chi connectivity index (χ1n) is 4.08. The third-order valence-electron chi connectivity index (χ3n) is 1.85. The number of hydrogen-bond acceptors (Lipinski definition) is 4. The van der Waals surface area contributed by atoms with E-state index < -0.39 is 0 Å². The van der Waals surface area contributed by atoms with Crippen LogP contribution in [0.25, 0.3) is 11.0 Å². The molecule has 0 spiro atoms. The first-order valence-corrected chi connectivity index (χ1v) is 4.88. The van der Waals surface area contributed by atoms with Crippen molar-refractivity contribution >= 4 is 38.9 Å². The molecule has 0 unspecified atom stereocenters. The van der Waals surface area contributed by atoms with Crippen molar-refractivity contribution in [2.45, 2.75) is 0 Å². The maximum Gasteiger partial charge on any atom is 0.153 e. The van der Waals surface area contributed by atoms with Crippen molar-refractivity contribution in [1.82, 2.24) is 0 Å². The highest BCUT2D eigenvalue weighted by molar-refractivity contribution is 9.10. The van der Waals surface area contributed by atoms with Crippen molar-refractivity contribution < 1.29 is 14.3 Å². The summed E-state index contributed by atoms with van der Waals surface area (Å²) >= 11 is 3.28. The van der Waals surface area contributed by atoms with E-state index in [0.717, 1.165) is 23.3 Å². The molecule has 3 N–H and O–H groups in total. The Labute approximate surface area is 94.8 Å². The molecule has 15 heavy (non-hydrogen) atoms. The van der Waals surface area contributed by atoms with Crippen LogP contribution in [0.5, 0.6) is 0 Å². The number of aliphatic hydroxyl groups excluding tert-OH is 1. The molecule has 80 valence electrons. The van der Waals surface area contributed by atoms with Gasteiger partial charge < -0.3 is 15.3 Å². The molecule has 0 saturated carbocycles. The van der Waals surface area contributed by atoms with Crippen molar-refractivity contribution in [3.63, 3.8) is 0 Å². The van der Waals surface area contributed by atoms with Crippen LogP contribution in [0.15, 0.2) is 27.3 Å². The quantitative estimate of drug-likeness (QED) is 0.616. The summed E-state index contributed by atoms with van der Waals surface area (Å²) in [6.07, 6.45) is 2.18. The zero-order valence-electron chi connectivity index (χ0n) is 8.03. The van der Waals surface area contributed by atoms with Crippen molar-refractivity contribution in [1.29, 1.82) is 0 Å². The number of rotatable bonds is 1. The number of halogens is 1. The molecule has 2 rings (SSSR count). The minimum atomic E-state index is 0.538. The predicted molar refractivity (Wildman–Crippen MR) is 61.9 cm³/mol. The second-order valence-electron chi connectivity index (χ2n) is 2.68. The number of anilines is 1. The standard InChI is InChI=1S/C9H6BrNO2.CH4O/c10-7-1-6-5(3-12)4-13-9(6)2-8(7)11;1-2/h1-4H,11H2;2H,1H3. The van der Waals surface area contributed by atoms with E-state index in [1.807, 2.05) is 0 Å². The number of nitrogen functional groups attached to an aromatic ring is 1. The van der Waals surface area contributed by atoms with Gasteiger partial charge in [0.15, 0.2) is 6.29 Å². The summed E-state index contributed by atoms with van der Waals surface area (Å²) in [7, 11) is 1.00. The Hall–Kier alpha value is -1.33. The zero-order chi connectivity index (χ0) is 11.4. The van der Waals surface area contributed by atoms with E-state index >= 15 is 0 Å². The minimum absolute atomic E-state index is 0.538. The van der Waals surface area contributed by atoms with E-state index in [0.29, 0.717) is 16.8 Å². The van der Waals surface area contributed by atoms with Gasteiger partial charge >= 0.3 is 0 Å². The number of carbonyl (C=O) groups is 1. The molecule has 2 aromatic rings. The largest absolute Gasteiger partial charge is 0.463 e. The lowest BCUT2D eigenvalue weighted by Gasteiger charge is -1.96. The Morgan fingerprint density at radius 2 is 2.13 bits per heavy atom. The summed E-state index contributed by atoms with van der Waals surface area (Å²) in [6, 6.07) is 3.46. The molecule has 0 aliphatic rings. The number of carbonyl (C=O) groups excluding carboxylic acids is 1. The zero-order valence-corrected chi connectivity index (χ0v) is 9.61. The summed E-state index contributed by atoms with van der Waals surface area (Å²) in [5, 5.41) is 7.77. The Bertz CT molecular complexity index is 479. The minimum Gasteiger partial charge on any atom is -0.463 e. The van der Waals surface area contributed by atoms with Crippen LogP contribution in [0.1, 0.15) is 10.4 Å². The highest BCUT2D eigenvalue weighted by Gasteiger charge is 2.07. The summed E-state index contributed by atoms with van der Waals surface area (Å²) in [5.41, 5.74) is 7.40. The molecule has 0 amide bonds. The summed E-state index contributed by atoms with van der Waals surface area (Å²) in [5.74, 6) is 0. The van der Waals surface area contributed by atoms with E-state index in [-0.39, 0.29) is 0 Å². The number of aliphatic hydroxyl groups is 1. The maximum atomic E-state index is 10.6. The van der Waals surface area contributed by atoms with Gasteiger partial charge in [0, 0.05) is 28.7 Å². The van der Waals surface area contributed by atoms with Crippen LogP contribution in [0, 0.1) is 0 Å². The fraction of sp³-hybridized carbons (Fsp3) is 0.100. The van der Waals surface area contributed by atoms with Crippen LogP contribution in [0.3, 0.4) is 0 Å². The van der Waals surface area contributed by atoms with E-state index in [1.165, 1.54) is 6.26 Å². The molecule has 0 aliphatic heterocycles. The third-order valence-corrected chi connectivity index (χ3v) is 2.54. The van der Waals surface area contributed by atoms with Crippen LogP contribution >= 0.6 is 15.9 Å². The third kappa shape index (κ3) is 2.19. The summed E-state index contributed by atoms with van der Waals surface area (Å²) in [6.45, 7) is 0. The SMILES string of the molecule is CO.Nc1cc2occ(C=O)c2cc1Br. The van der Waals surface area contributed by atoms with Gasteiger partial charge in [-0.15, -0.1) is 0 Å². The molecular formula is C10H10BrNO3. The number of hydrogen-bond donors (Lipinski definition) is 2. The molecule has 0 atom stereocenters. The Balaban J connectivity index is 0.000000531. The van der Waals surface area contributed by atoms with E-state index in [2.05, 4.69) is 15.9 Å². The number of fused-ring (bicyclic) bond motifs is 1. The smallest absolute Gasteiger partial charge is 0.153 e. The van der Waals surface area contributed by atoms with Gasteiger partial charge in [0.25, 0.3) is 0 Å². The van der Waals surface area contributed by atoms with E-state index in [9.17, 15) is 4.79 Å². The predicted octanol–water partition coefficient (Wildman–Crippen LogP) is 2.20. The highest BCUT2D eigenvalue weighted by atomic mass is 79.9. The Morgan fingerprint density at radius 3 is 2.73 bits per heavy atom. The maximum absolute atomic E-state index is 10.6. The normalized spacial score (nSPS) is 9.53. The molecular weight excluding hydrogens is 262 g/mol. The lowest BCUT2D eigenvalue weighted by Crippen LogP contribution is -1.85. The molecule has 5 heteroatoms. The second-order valence-corrected chi connectivity index (χ2v) is 3.53. The van der Waals surface area contributed by atoms with Crippen LogP contribution < -0.4 is 5.73 Å². The van der Waals surface area contributed by atoms with Crippen molar-refractivity contribution in [2.24, 2.45) is 0 Å². The second kappa shape index (κ2) is 4.95. The van der Waals surface area contributed by atoms with Gasteiger partial charge in [-0.25, -0.2) is 0 Å². The van der Waals surface area contributed by atoms with Crippen LogP contribution in [0.2, 0.25) is 0 Å². The van der Waals surface area contributed by atoms with Gasteiger partial charge in [0.2, 0.25) is 0 Å². The average molecular weight is 272 g/mol. The molecule has 1 heterocycles. The van der Waals surface area contributed by atoms with Crippen LogP contribution in [0.4, 0.5) is 5.69 Å². The van der Waals surface area contributed by atoms with E-state index in [1.54, 1.807) is 12.1 Å². The molecule has 1 aromatic heterocycles. The number of furan rings is 1. The van der Waals surface area contributed by atoms with Gasteiger partial charge in [0.1, 0.15) is 11.8 Å². The summed E-state index contributed by atoms with van der Waals surface area (Å²) < 4.78 is 5.91. The van der Waals surface area contributed by atoms with E-state index in [4.69, 9.17) is 15.3 Å². The van der Waals surface area contributed by atoms with Crippen LogP contribution in [-0.2, 0) is 0 Å². The molecule has 1 aromatic carbocycles. The highest BCUT2D eigenvalue weighted by Crippen LogP contribution is 2.28. The van der Waals surface area contributed by atoms with Gasteiger partial charge in [-0.2, -0.15) is 0 Å². The van der Waals surface area contributed by atoms with Gasteiger partial charge in [-0.3, -0.25) is 4.79 Å². The van der Waals surface area contributed by atoms with Crippen molar-refractivity contribution in [3.05, 3.63) is 28.4 Å². The lowest BCUT2D eigenvalue weighted by atomic mass is 10.2. The molecule has 0 saturated heterocycles. The number of nitrogens with two attached hydrogens (primary N) is 1. The molecule has 4 nitrogen and oxygen atoms in total. The van der Waals surface area contributed by atoms with Gasteiger partial charge in [0.05, 0.1) is 5.56 Å². The monoisotopic (exact) mass is 271 g/mol. The first kappa shape index (κ1) is 11.7. The molecule has 0 fully saturated rings. The van der Waals surface area contributed by atoms with Crippen LogP contribution in [-0.4, -0.2) is 18.5 Å². The fourth-order valence-corrected chi connectivity index (χ4v) is 1.52. The van der Waals surface area contributed by atoms with Crippen molar-refractivity contribution in [2.75, 3.05) is 12.8 Å².